The smallest absolute Gasteiger partial charge is 0.177 e. The van der Waals surface area contributed by atoms with Crippen LogP contribution in [0.5, 0.6) is 0 Å². The van der Waals surface area contributed by atoms with Crippen LogP contribution in [0.3, 0.4) is 0 Å². The molecule has 0 fully saturated rings. The predicted molar refractivity (Wildman–Crippen MR) is 31.5 cm³/mol. The first-order valence-corrected chi connectivity index (χ1v) is 3.08. The van der Waals surface area contributed by atoms with Crippen LogP contribution in [0.4, 0.5) is 0 Å². The summed E-state index contributed by atoms with van der Waals surface area (Å²) in [6, 6.07) is 0. The van der Waals surface area contributed by atoms with Gasteiger partial charge in [0.1, 0.15) is 11.9 Å². The summed E-state index contributed by atoms with van der Waals surface area (Å²) in [5.41, 5.74) is 0. The van der Waals surface area contributed by atoms with Gasteiger partial charge in [0.25, 0.3) is 0 Å². The average Bonchev–Trinajstić information content (AvgIpc) is 1.67. The van der Waals surface area contributed by atoms with Gasteiger partial charge in [-0.05, 0) is 13.3 Å². The molecular weight excluding hydrogens is 128 g/mol. The molecule has 0 heterocycles. The molecule has 0 saturated heterocycles. The summed E-state index contributed by atoms with van der Waals surface area (Å²) in [4.78, 5) is 0. The number of rotatable bonds is 3. The third-order valence-electron chi connectivity index (χ3n) is 0.890. The van der Waals surface area contributed by atoms with Crippen LogP contribution >= 0.6 is 0 Å². The van der Waals surface area contributed by atoms with Gasteiger partial charge in [-0.15, -0.1) is 0 Å². The number of aliphatic hydroxyl groups is 1. The lowest BCUT2D eigenvalue weighted by molar-refractivity contribution is -0.112. The maximum atomic E-state index is 9.69. The molecule has 1 N–H and O–H groups in total. The Balaban J connectivity index is 3.53. The van der Waals surface area contributed by atoms with Crippen LogP contribution in [-0.4, -0.2) is 15.1 Å². The fraction of sp³-hybridized carbons (Fsp3) is 1.00. The van der Waals surface area contributed by atoms with E-state index in [-0.39, 0.29) is 0 Å². The number of hydrogen-bond acceptors (Lipinski definition) is 3. The standard InChI is InChI=1S/C4H10O3S/c1-3-4(2,5)7-8-6/h5,8H,3H2,1-2H3. The van der Waals surface area contributed by atoms with E-state index in [1.165, 1.54) is 6.92 Å². The van der Waals surface area contributed by atoms with Crippen LogP contribution in [0.15, 0.2) is 0 Å². The van der Waals surface area contributed by atoms with Crippen molar-refractivity contribution < 1.29 is 13.5 Å². The van der Waals surface area contributed by atoms with Crippen molar-refractivity contribution in [1.29, 1.82) is 0 Å². The van der Waals surface area contributed by atoms with Crippen molar-refractivity contribution in [2.75, 3.05) is 0 Å². The van der Waals surface area contributed by atoms with Crippen LogP contribution in [0.1, 0.15) is 20.3 Å². The lowest BCUT2D eigenvalue weighted by Crippen LogP contribution is -2.24. The molecule has 0 aliphatic heterocycles. The third-order valence-corrected chi connectivity index (χ3v) is 1.36. The minimum absolute atomic E-state index is 0.433. The first-order chi connectivity index (χ1) is 3.62. The Labute approximate surface area is 52.4 Å². The van der Waals surface area contributed by atoms with Crippen LogP contribution < -0.4 is 0 Å². The van der Waals surface area contributed by atoms with E-state index >= 15 is 0 Å². The van der Waals surface area contributed by atoms with E-state index < -0.39 is 17.7 Å². The lowest BCUT2D eigenvalue weighted by atomic mass is 10.3. The number of thiol groups is 1. The molecule has 0 aromatic rings. The van der Waals surface area contributed by atoms with Gasteiger partial charge in [0.2, 0.25) is 0 Å². The Morgan fingerprint density at radius 2 is 2.38 bits per heavy atom. The molecule has 0 aliphatic rings. The van der Waals surface area contributed by atoms with Crippen LogP contribution in [0, 0.1) is 0 Å². The van der Waals surface area contributed by atoms with E-state index in [2.05, 4.69) is 4.18 Å². The molecule has 3 nitrogen and oxygen atoms in total. The molecule has 0 rings (SSSR count). The van der Waals surface area contributed by atoms with Gasteiger partial charge in [-0.25, -0.2) is 4.21 Å². The molecule has 0 radical (unpaired) electrons. The molecule has 50 valence electrons. The van der Waals surface area contributed by atoms with Gasteiger partial charge >= 0.3 is 0 Å². The minimum Gasteiger partial charge on any atom is -0.365 e. The van der Waals surface area contributed by atoms with Gasteiger partial charge in [-0.1, -0.05) is 6.92 Å². The molecule has 0 bridgehead atoms. The van der Waals surface area contributed by atoms with Crippen molar-refractivity contribution in [3.05, 3.63) is 0 Å². The fourth-order valence-electron chi connectivity index (χ4n) is 0.145. The maximum Gasteiger partial charge on any atom is 0.177 e. The highest BCUT2D eigenvalue weighted by Gasteiger charge is 2.16. The number of hydrogen-bond donors (Lipinski definition) is 2. The first kappa shape index (κ1) is 8.07. The minimum atomic E-state index is -1.23. The molecule has 0 saturated carbocycles. The van der Waals surface area contributed by atoms with Crippen molar-refractivity contribution in [2.45, 2.75) is 26.1 Å². The first-order valence-electron chi connectivity index (χ1n) is 2.35. The van der Waals surface area contributed by atoms with Gasteiger partial charge in [0.15, 0.2) is 5.79 Å². The summed E-state index contributed by atoms with van der Waals surface area (Å²) >= 11 is -0.475. The summed E-state index contributed by atoms with van der Waals surface area (Å²) in [6.45, 7) is 3.20. The van der Waals surface area contributed by atoms with Crippen LogP contribution in [0.25, 0.3) is 0 Å². The van der Waals surface area contributed by atoms with Crippen molar-refractivity contribution >= 4 is 11.9 Å². The fourth-order valence-corrected chi connectivity index (χ4v) is 0.435. The van der Waals surface area contributed by atoms with Crippen molar-refractivity contribution in [3.8, 4) is 0 Å². The van der Waals surface area contributed by atoms with E-state index in [1.807, 2.05) is 0 Å². The Morgan fingerprint density at radius 3 is 2.50 bits per heavy atom. The Morgan fingerprint density at radius 1 is 1.88 bits per heavy atom. The van der Waals surface area contributed by atoms with Crippen LogP contribution in [0.2, 0.25) is 0 Å². The summed E-state index contributed by atoms with van der Waals surface area (Å²) in [7, 11) is 0. The molecule has 0 spiro atoms. The normalized spacial score (nSPS) is 17.9. The van der Waals surface area contributed by atoms with Gasteiger partial charge in [0, 0.05) is 0 Å². The lowest BCUT2D eigenvalue weighted by Gasteiger charge is -2.15. The SMILES string of the molecule is CCC(C)(O)O[SH]=O. The van der Waals surface area contributed by atoms with E-state index in [4.69, 9.17) is 5.11 Å². The van der Waals surface area contributed by atoms with Gasteiger partial charge in [-0.2, -0.15) is 0 Å². The highest BCUT2D eigenvalue weighted by atomic mass is 32.2. The second kappa shape index (κ2) is 3.17. The van der Waals surface area contributed by atoms with Gasteiger partial charge < -0.3 is 5.11 Å². The Kier molecular flexibility index (Phi) is 3.19. The zero-order chi connectivity index (χ0) is 6.62. The van der Waals surface area contributed by atoms with Crippen molar-refractivity contribution in [1.82, 2.24) is 0 Å². The molecule has 0 aromatic heterocycles. The molecule has 1 unspecified atom stereocenters. The predicted octanol–water partition coefficient (Wildman–Crippen LogP) is -0.0182. The van der Waals surface area contributed by atoms with Gasteiger partial charge in [0.05, 0.1) is 0 Å². The summed E-state index contributed by atoms with van der Waals surface area (Å²) in [5.74, 6) is -1.23. The largest absolute Gasteiger partial charge is 0.365 e. The molecule has 0 aromatic carbocycles. The van der Waals surface area contributed by atoms with Crippen molar-refractivity contribution in [3.63, 3.8) is 0 Å². The zero-order valence-electron chi connectivity index (χ0n) is 4.92. The average molecular weight is 138 g/mol. The quantitative estimate of drug-likeness (QED) is 0.425. The molecular formula is C4H10O3S. The van der Waals surface area contributed by atoms with E-state index in [9.17, 15) is 4.21 Å². The summed E-state index contributed by atoms with van der Waals surface area (Å²) < 4.78 is 14.0. The molecule has 8 heavy (non-hydrogen) atoms. The van der Waals surface area contributed by atoms with Gasteiger partial charge in [-0.3, -0.25) is 4.18 Å². The Bertz CT molecular complexity index is 81.4. The van der Waals surface area contributed by atoms with E-state index in [0.717, 1.165) is 0 Å². The monoisotopic (exact) mass is 138 g/mol. The van der Waals surface area contributed by atoms with Crippen molar-refractivity contribution in [2.24, 2.45) is 0 Å². The summed E-state index contributed by atoms with van der Waals surface area (Å²) in [6.07, 6.45) is 0.433. The Hall–Kier alpha value is 0.0700. The van der Waals surface area contributed by atoms with E-state index in [1.54, 1.807) is 6.92 Å². The topological polar surface area (TPSA) is 46.5 Å². The highest BCUT2D eigenvalue weighted by Crippen LogP contribution is 2.07. The second-order valence-corrected chi connectivity index (χ2v) is 2.03. The van der Waals surface area contributed by atoms with E-state index in [0.29, 0.717) is 6.42 Å². The molecule has 1 atom stereocenters. The molecule has 0 amide bonds. The third kappa shape index (κ3) is 3.12. The molecule has 4 heteroatoms. The maximum absolute atomic E-state index is 9.69. The zero-order valence-corrected chi connectivity index (χ0v) is 5.81. The van der Waals surface area contributed by atoms with Crippen LogP contribution in [-0.2, 0) is 16.1 Å². The second-order valence-electron chi connectivity index (χ2n) is 1.69. The summed E-state index contributed by atoms with van der Waals surface area (Å²) in [5, 5.41) is 8.89. The molecule has 0 aliphatic carbocycles. The highest BCUT2D eigenvalue weighted by molar-refractivity contribution is 7.60.